The maximum atomic E-state index is 11.7. The van der Waals surface area contributed by atoms with Gasteiger partial charge in [0.15, 0.2) is 0 Å². The van der Waals surface area contributed by atoms with E-state index in [9.17, 15) is 4.79 Å². The minimum Gasteiger partial charge on any atom is -0.330 e. The van der Waals surface area contributed by atoms with E-state index in [4.69, 9.17) is 5.73 Å². The van der Waals surface area contributed by atoms with Gasteiger partial charge < -0.3 is 5.73 Å². The van der Waals surface area contributed by atoms with E-state index >= 15 is 0 Å². The molecule has 0 aliphatic heterocycles. The Morgan fingerprint density at radius 3 is 2.93 bits per heavy atom. The van der Waals surface area contributed by atoms with Crippen LogP contribution in [0, 0.1) is 16.4 Å². The fraction of sp³-hybridized carbons (Fsp3) is 0.556. The van der Waals surface area contributed by atoms with E-state index in [1.165, 1.54) is 0 Å². The van der Waals surface area contributed by atoms with Crippen molar-refractivity contribution in [2.45, 2.75) is 20.4 Å². The summed E-state index contributed by atoms with van der Waals surface area (Å²) in [4.78, 5) is 15.9. The molecule has 0 saturated carbocycles. The van der Waals surface area contributed by atoms with Crippen molar-refractivity contribution in [2.24, 2.45) is 11.7 Å². The number of rotatable bonds is 3. The van der Waals surface area contributed by atoms with E-state index in [-0.39, 0.29) is 5.56 Å². The van der Waals surface area contributed by atoms with Crippen LogP contribution in [0.4, 0.5) is 0 Å². The smallest absolute Gasteiger partial charge is 0.266 e. The summed E-state index contributed by atoms with van der Waals surface area (Å²) in [5.41, 5.74) is 5.55. The summed E-state index contributed by atoms with van der Waals surface area (Å²) in [6.45, 7) is 5.08. The lowest BCUT2D eigenvalue weighted by Crippen LogP contribution is -2.30. The first kappa shape index (κ1) is 11.6. The molecule has 78 valence electrons. The van der Waals surface area contributed by atoms with Gasteiger partial charge in [-0.15, -0.1) is 0 Å². The molecule has 1 unspecified atom stereocenters. The number of hydrogen-bond donors (Lipinski definition) is 1. The molecule has 1 atom stereocenters. The minimum atomic E-state index is 0.0263. The number of nitrogens with zero attached hydrogens (tertiary/aromatic N) is 2. The Morgan fingerprint density at radius 2 is 2.36 bits per heavy atom. The van der Waals surface area contributed by atoms with Crippen LogP contribution in [0.1, 0.15) is 12.7 Å². The minimum absolute atomic E-state index is 0.0263. The Labute approximate surface area is 96.7 Å². The lowest BCUT2D eigenvalue weighted by atomic mass is 10.2. The van der Waals surface area contributed by atoms with E-state index in [1.807, 2.05) is 36.4 Å². The first-order valence-electron chi connectivity index (χ1n) is 4.48. The number of halogens is 1. The van der Waals surface area contributed by atoms with Gasteiger partial charge in [0.2, 0.25) is 0 Å². The van der Waals surface area contributed by atoms with Crippen LogP contribution in [0.25, 0.3) is 0 Å². The quantitative estimate of drug-likeness (QED) is 0.838. The van der Waals surface area contributed by atoms with Crippen LogP contribution in [0.2, 0.25) is 0 Å². The van der Waals surface area contributed by atoms with Crippen LogP contribution < -0.4 is 11.3 Å². The van der Waals surface area contributed by atoms with Crippen LogP contribution in [-0.2, 0) is 6.54 Å². The molecule has 14 heavy (non-hydrogen) atoms. The molecule has 0 bridgehead atoms. The Balaban J connectivity index is 3.07. The first-order chi connectivity index (χ1) is 6.56. The van der Waals surface area contributed by atoms with Crippen molar-refractivity contribution < 1.29 is 0 Å². The number of aryl methyl sites for hydroxylation is 1. The van der Waals surface area contributed by atoms with Gasteiger partial charge in [0.1, 0.15) is 5.82 Å². The first-order valence-corrected chi connectivity index (χ1v) is 5.56. The lowest BCUT2D eigenvalue weighted by molar-refractivity contribution is 0.467. The van der Waals surface area contributed by atoms with Crippen molar-refractivity contribution in [3.8, 4) is 0 Å². The van der Waals surface area contributed by atoms with Crippen LogP contribution in [0.5, 0.6) is 0 Å². The van der Waals surface area contributed by atoms with Gasteiger partial charge in [0, 0.05) is 12.7 Å². The molecule has 1 aromatic heterocycles. The second-order valence-electron chi connectivity index (χ2n) is 3.41. The molecule has 1 heterocycles. The number of nitrogens with two attached hydrogens (primary N) is 1. The predicted octanol–water partition coefficient (Wildman–Crippen LogP) is 0.751. The molecular weight excluding hydrogens is 293 g/mol. The molecular formula is C9H14IN3O. The van der Waals surface area contributed by atoms with Gasteiger partial charge in [0.05, 0.1) is 3.57 Å². The highest BCUT2D eigenvalue weighted by Gasteiger charge is 2.08. The monoisotopic (exact) mass is 307 g/mol. The lowest BCUT2D eigenvalue weighted by Gasteiger charge is -2.13. The summed E-state index contributed by atoms with van der Waals surface area (Å²) in [6.07, 6.45) is 1.60. The number of hydrogen-bond acceptors (Lipinski definition) is 3. The molecule has 2 N–H and O–H groups in total. The fourth-order valence-corrected chi connectivity index (χ4v) is 1.58. The third-order valence-electron chi connectivity index (χ3n) is 2.10. The van der Waals surface area contributed by atoms with Crippen molar-refractivity contribution in [1.29, 1.82) is 0 Å². The van der Waals surface area contributed by atoms with Crippen molar-refractivity contribution >= 4 is 22.6 Å². The van der Waals surface area contributed by atoms with Gasteiger partial charge in [-0.2, -0.15) is 0 Å². The molecule has 0 aromatic carbocycles. The SMILES string of the molecule is Cc1ncc(I)c(=O)n1CC(C)CN. The highest BCUT2D eigenvalue weighted by atomic mass is 127. The van der Waals surface area contributed by atoms with Crippen molar-refractivity contribution in [3.63, 3.8) is 0 Å². The molecule has 1 aromatic rings. The van der Waals surface area contributed by atoms with Crippen molar-refractivity contribution in [2.75, 3.05) is 6.54 Å². The van der Waals surface area contributed by atoms with E-state index in [2.05, 4.69) is 4.98 Å². The topological polar surface area (TPSA) is 60.9 Å². The summed E-state index contributed by atoms with van der Waals surface area (Å²) < 4.78 is 2.33. The number of aromatic nitrogens is 2. The molecule has 0 amide bonds. The highest BCUT2D eigenvalue weighted by Crippen LogP contribution is 2.01. The van der Waals surface area contributed by atoms with Gasteiger partial charge in [0.25, 0.3) is 5.56 Å². The third-order valence-corrected chi connectivity index (χ3v) is 2.84. The van der Waals surface area contributed by atoms with Crippen LogP contribution in [-0.4, -0.2) is 16.1 Å². The molecule has 0 spiro atoms. The van der Waals surface area contributed by atoms with Gasteiger partial charge in [-0.1, -0.05) is 6.92 Å². The Kier molecular flexibility index (Phi) is 4.06. The molecule has 1 rings (SSSR count). The van der Waals surface area contributed by atoms with Gasteiger partial charge >= 0.3 is 0 Å². The summed E-state index contributed by atoms with van der Waals surface area (Å²) in [6, 6.07) is 0. The van der Waals surface area contributed by atoms with Gasteiger partial charge in [-0.05, 0) is 42.0 Å². The third kappa shape index (κ3) is 2.54. The van der Waals surface area contributed by atoms with Crippen molar-refractivity contribution in [3.05, 3.63) is 25.9 Å². The highest BCUT2D eigenvalue weighted by molar-refractivity contribution is 14.1. The standard InChI is InChI=1S/C9H14IN3O/c1-6(3-11)5-13-7(2)12-4-8(10)9(13)14/h4,6H,3,5,11H2,1-2H3. The molecule has 0 aliphatic rings. The largest absolute Gasteiger partial charge is 0.330 e. The maximum absolute atomic E-state index is 11.7. The van der Waals surface area contributed by atoms with Crippen molar-refractivity contribution in [1.82, 2.24) is 9.55 Å². The van der Waals surface area contributed by atoms with E-state index in [1.54, 1.807) is 10.8 Å². The zero-order valence-electron chi connectivity index (χ0n) is 8.33. The van der Waals surface area contributed by atoms with Gasteiger partial charge in [-0.3, -0.25) is 9.36 Å². The Morgan fingerprint density at radius 1 is 1.71 bits per heavy atom. The molecule has 0 aliphatic carbocycles. The van der Waals surface area contributed by atoms with Crippen LogP contribution in [0.15, 0.2) is 11.0 Å². The Bertz CT molecular complexity index is 375. The zero-order valence-corrected chi connectivity index (χ0v) is 10.5. The van der Waals surface area contributed by atoms with E-state index in [0.717, 1.165) is 5.82 Å². The molecule has 4 nitrogen and oxygen atoms in total. The maximum Gasteiger partial charge on any atom is 0.266 e. The summed E-state index contributed by atoms with van der Waals surface area (Å²) in [5, 5.41) is 0. The predicted molar refractivity (Wildman–Crippen MR) is 64.2 cm³/mol. The molecule has 5 heteroatoms. The van der Waals surface area contributed by atoms with Crippen LogP contribution >= 0.6 is 22.6 Å². The second-order valence-corrected chi connectivity index (χ2v) is 4.57. The van der Waals surface area contributed by atoms with Gasteiger partial charge in [-0.25, -0.2) is 4.98 Å². The Hall–Kier alpha value is -0.430. The summed E-state index contributed by atoms with van der Waals surface area (Å²) >= 11 is 2.00. The average molecular weight is 307 g/mol. The average Bonchev–Trinajstić information content (AvgIpc) is 2.18. The van der Waals surface area contributed by atoms with Crippen LogP contribution in [0.3, 0.4) is 0 Å². The molecule has 0 fully saturated rings. The molecule has 0 radical (unpaired) electrons. The summed E-state index contributed by atoms with van der Waals surface area (Å²) in [5.74, 6) is 1.04. The van der Waals surface area contributed by atoms with E-state index < -0.39 is 0 Å². The fourth-order valence-electron chi connectivity index (χ4n) is 1.15. The normalized spacial score (nSPS) is 12.9. The summed E-state index contributed by atoms with van der Waals surface area (Å²) in [7, 11) is 0. The second kappa shape index (κ2) is 4.88. The zero-order chi connectivity index (χ0) is 10.7. The molecule has 0 saturated heterocycles. The van der Waals surface area contributed by atoms with E-state index in [0.29, 0.717) is 22.6 Å².